The van der Waals surface area contributed by atoms with Crippen LogP contribution in [0.3, 0.4) is 0 Å². The van der Waals surface area contributed by atoms with Gasteiger partial charge in [-0.2, -0.15) is 0 Å². The van der Waals surface area contributed by atoms with Gasteiger partial charge in [-0.25, -0.2) is 0 Å². The molecule has 0 fully saturated rings. The number of benzene rings is 2. The van der Waals surface area contributed by atoms with Gasteiger partial charge < -0.3 is 9.64 Å². The van der Waals surface area contributed by atoms with Crippen LogP contribution >= 0.6 is 15.9 Å². The molecule has 0 N–H and O–H groups in total. The summed E-state index contributed by atoms with van der Waals surface area (Å²) in [6.07, 6.45) is 2.25. The van der Waals surface area contributed by atoms with Gasteiger partial charge in [-0.3, -0.25) is 0 Å². The fourth-order valence-corrected chi connectivity index (χ4v) is 4.07. The SMILES string of the molecule is COc1cc2c(cc1C)C[C@@H](N(C)C)C[C@@H]2c1cccc(Br)c1. The molecule has 23 heavy (non-hydrogen) atoms. The Labute approximate surface area is 147 Å². The number of ether oxygens (including phenoxy) is 1. The molecule has 0 heterocycles. The highest BCUT2D eigenvalue weighted by molar-refractivity contribution is 9.10. The molecule has 0 saturated carbocycles. The van der Waals surface area contributed by atoms with Crippen molar-refractivity contribution in [2.24, 2.45) is 0 Å². The third-order valence-electron chi connectivity index (χ3n) is 4.98. The lowest BCUT2D eigenvalue weighted by Crippen LogP contribution is -2.35. The van der Waals surface area contributed by atoms with Gasteiger partial charge in [-0.15, -0.1) is 0 Å². The highest BCUT2D eigenvalue weighted by atomic mass is 79.9. The van der Waals surface area contributed by atoms with E-state index in [0.717, 1.165) is 23.1 Å². The zero-order valence-electron chi connectivity index (χ0n) is 14.3. The molecule has 0 aromatic heterocycles. The third-order valence-corrected chi connectivity index (χ3v) is 5.47. The van der Waals surface area contributed by atoms with Crippen LogP contribution in [-0.4, -0.2) is 32.1 Å². The van der Waals surface area contributed by atoms with Gasteiger partial charge in [0, 0.05) is 16.4 Å². The Kier molecular flexibility index (Phi) is 4.79. The van der Waals surface area contributed by atoms with Crippen LogP contribution in [0.4, 0.5) is 0 Å². The van der Waals surface area contributed by atoms with E-state index in [1.54, 1.807) is 7.11 Å². The topological polar surface area (TPSA) is 12.5 Å². The molecule has 0 spiro atoms. The van der Waals surface area contributed by atoms with Gasteiger partial charge >= 0.3 is 0 Å². The smallest absolute Gasteiger partial charge is 0.122 e. The van der Waals surface area contributed by atoms with E-state index in [9.17, 15) is 0 Å². The summed E-state index contributed by atoms with van der Waals surface area (Å²) in [5, 5.41) is 0. The Morgan fingerprint density at radius 2 is 1.96 bits per heavy atom. The molecular weight excluding hydrogens is 350 g/mol. The van der Waals surface area contributed by atoms with Crippen molar-refractivity contribution in [3.8, 4) is 5.75 Å². The molecule has 3 rings (SSSR count). The third kappa shape index (κ3) is 3.31. The molecule has 0 saturated heterocycles. The second kappa shape index (κ2) is 6.66. The molecule has 2 nitrogen and oxygen atoms in total. The van der Waals surface area contributed by atoms with E-state index in [-0.39, 0.29) is 0 Å². The summed E-state index contributed by atoms with van der Waals surface area (Å²) in [7, 11) is 6.13. The van der Waals surface area contributed by atoms with E-state index in [1.807, 2.05) is 0 Å². The van der Waals surface area contributed by atoms with E-state index in [0.29, 0.717) is 12.0 Å². The van der Waals surface area contributed by atoms with Gasteiger partial charge in [0.25, 0.3) is 0 Å². The maximum atomic E-state index is 5.57. The average molecular weight is 374 g/mol. The number of hydrogen-bond donors (Lipinski definition) is 0. The highest BCUT2D eigenvalue weighted by Crippen LogP contribution is 2.41. The molecule has 1 aliphatic rings. The predicted molar refractivity (Wildman–Crippen MR) is 99.5 cm³/mol. The molecule has 0 amide bonds. The lowest BCUT2D eigenvalue weighted by molar-refractivity contribution is 0.258. The molecular formula is C20H24BrNO. The molecule has 1 aliphatic carbocycles. The van der Waals surface area contributed by atoms with Crippen molar-refractivity contribution in [1.29, 1.82) is 0 Å². The van der Waals surface area contributed by atoms with Crippen molar-refractivity contribution in [2.75, 3.05) is 21.2 Å². The molecule has 2 aromatic rings. The summed E-state index contributed by atoms with van der Waals surface area (Å²) in [6, 6.07) is 13.8. The van der Waals surface area contributed by atoms with Crippen molar-refractivity contribution in [3.05, 3.63) is 63.1 Å². The summed E-state index contributed by atoms with van der Waals surface area (Å²) < 4.78 is 6.71. The van der Waals surface area contributed by atoms with Crippen molar-refractivity contribution >= 4 is 15.9 Å². The van der Waals surface area contributed by atoms with Crippen LogP contribution in [0, 0.1) is 6.92 Å². The molecule has 3 heteroatoms. The van der Waals surface area contributed by atoms with Crippen LogP contribution in [0.15, 0.2) is 40.9 Å². The summed E-state index contributed by atoms with van der Waals surface area (Å²) in [4.78, 5) is 2.35. The molecule has 0 unspecified atom stereocenters. The molecule has 0 bridgehead atoms. The minimum atomic E-state index is 0.415. The van der Waals surface area contributed by atoms with E-state index in [4.69, 9.17) is 4.74 Å². The van der Waals surface area contributed by atoms with Crippen LogP contribution in [0.1, 0.15) is 34.6 Å². The molecule has 0 radical (unpaired) electrons. The van der Waals surface area contributed by atoms with E-state index in [2.05, 4.69) is 78.2 Å². The zero-order chi connectivity index (χ0) is 16.6. The van der Waals surface area contributed by atoms with Gasteiger partial charge in [0.15, 0.2) is 0 Å². The Bertz CT molecular complexity index is 711. The number of fused-ring (bicyclic) bond motifs is 1. The second-order valence-electron chi connectivity index (χ2n) is 6.69. The fourth-order valence-electron chi connectivity index (χ4n) is 3.65. The first kappa shape index (κ1) is 16.5. The Balaban J connectivity index is 2.12. The minimum absolute atomic E-state index is 0.415. The lowest BCUT2D eigenvalue weighted by Gasteiger charge is -2.36. The molecule has 2 aromatic carbocycles. The van der Waals surface area contributed by atoms with Gasteiger partial charge in [-0.05, 0) is 74.3 Å². The summed E-state index contributed by atoms with van der Waals surface area (Å²) in [5.74, 6) is 1.41. The molecule has 0 aliphatic heterocycles. The van der Waals surface area contributed by atoms with Crippen LogP contribution in [0.5, 0.6) is 5.75 Å². The Hall–Kier alpha value is -1.32. The first-order valence-electron chi connectivity index (χ1n) is 8.09. The number of likely N-dealkylation sites (N-methyl/N-ethyl adjacent to an activating group) is 1. The maximum absolute atomic E-state index is 5.57. The average Bonchev–Trinajstić information content (AvgIpc) is 2.52. The summed E-state index contributed by atoms with van der Waals surface area (Å²) >= 11 is 3.62. The normalized spacial score (nSPS) is 20.4. The number of halogens is 1. The second-order valence-corrected chi connectivity index (χ2v) is 7.60. The number of methoxy groups -OCH3 is 1. The van der Waals surface area contributed by atoms with Crippen LogP contribution in [0.2, 0.25) is 0 Å². The molecule has 2 atom stereocenters. The van der Waals surface area contributed by atoms with Gasteiger partial charge in [0.1, 0.15) is 5.75 Å². The van der Waals surface area contributed by atoms with Crippen LogP contribution < -0.4 is 4.74 Å². The quantitative estimate of drug-likeness (QED) is 0.767. The monoisotopic (exact) mass is 373 g/mol. The highest BCUT2D eigenvalue weighted by Gasteiger charge is 2.30. The van der Waals surface area contributed by atoms with E-state index < -0.39 is 0 Å². The van der Waals surface area contributed by atoms with Gasteiger partial charge in [0.05, 0.1) is 7.11 Å². The zero-order valence-corrected chi connectivity index (χ0v) is 15.9. The minimum Gasteiger partial charge on any atom is -0.496 e. The van der Waals surface area contributed by atoms with Crippen LogP contribution in [0.25, 0.3) is 0 Å². The van der Waals surface area contributed by atoms with E-state index >= 15 is 0 Å². The predicted octanol–water partition coefficient (Wildman–Crippen LogP) is 4.77. The van der Waals surface area contributed by atoms with Crippen molar-refractivity contribution in [3.63, 3.8) is 0 Å². The largest absolute Gasteiger partial charge is 0.496 e. The first-order chi connectivity index (χ1) is 11.0. The van der Waals surface area contributed by atoms with Crippen LogP contribution in [-0.2, 0) is 6.42 Å². The lowest BCUT2D eigenvalue weighted by atomic mass is 9.76. The van der Waals surface area contributed by atoms with E-state index in [1.165, 1.54) is 22.3 Å². The van der Waals surface area contributed by atoms with Gasteiger partial charge in [0.2, 0.25) is 0 Å². The first-order valence-corrected chi connectivity index (χ1v) is 8.88. The Morgan fingerprint density at radius 3 is 2.61 bits per heavy atom. The standard InChI is InChI=1S/C20H24BrNO/c1-13-8-15-10-17(22(2)3)11-18(19(15)12-20(13)23-4)14-6-5-7-16(21)9-14/h5-9,12,17-18H,10-11H2,1-4H3/t17-,18-/m1/s1. The number of rotatable bonds is 3. The number of hydrogen-bond acceptors (Lipinski definition) is 2. The summed E-state index contributed by atoms with van der Waals surface area (Å²) in [5.41, 5.74) is 5.47. The van der Waals surface area contributed by atoms with Crippen molar-refractivity contribution in [2.45, 2.75) is 31.7 Å². The maximum Gasteiger partial charge on any atom is 0.122 e. The number of nitrogens with zero attached hydrogens (tertiary/aromatic N) is 1. The van der Waals surface area contributed by atoms with Crippen molar-refractivity contribution < 1.29 is 4.74 Å². The van der Waals surface area contributed by atoms with Gasteiger partial charge in [-0.1, -0.05) is 34.1 Å². The summed E-state index contributed by atoms with van der Waals surface area (Å²) in [6.45, 7) is 2.13. The Morgan fingerprint density at radius 1 is 1.17 bits per heavy atom. The molecule has 122 valence electrons. The number of aryl methyl sites for hydroxylation is 1. The fraction of sp³-hybridized carbons (Fsp3) is 0.400. The van der Waals surface area contributed by atoms with Crippen molar-refractivity contribution in [1.82, 2.24) is 4.90 Å².